The molecule has 0 rings (SSSR count). The lowest BCUT2D eigenvalue weighted by molar-refractivity contribution is -0.189. The summed E-state index contributed by atoms with van der Waals surface area (Å²) in [5, 5.41) is 8.92. The van der Waals surface area contributed by atoms with Gasteiger partial charge in [-0.3, -0.25) is 0 Å². The van der Waals surface area contributed by atoms with E-state index in [1.807, 2.05) is 0 Å². The predicted molar refractivity (Wildman–Crippen MR) is 35.3 cm³/mol. The lowest BCUT2D eigenvalue weighted by Crippen LogP contribution is -2.14. The summed E-state index contributed by atoms with van der Waals surface area (Å²) in [5.41, 5.74) is -1.21. The fraction of sp³-hybridized carbons (Fsp3) is 0.600. The molecule has 2 N–H and O–H groups in total. The molecular weight excluding hydrogens is 155 g/mol. The molecule has 0 aromatic rings. The molecule has 1 unspecified atom stereocenters. The zero-order chi connectivity index (χ0) is 8.41. The summed E-state index contributed by atoms with van der Waals surface area (Å²) in [6, 6.07) is 0. The van der Waals surface area contributed by atoms with Crippen LogP contribution in [0.3, 0.4) is 0 Å². The molecule has 0 aromatic heterocycles. The minimum atomic E-state index is -4.35. The van der Waals surface area contributed by atoms with E-state index in [0.717, 1.165) is 6.08 Å². The van der Waals surface area contributed by atoms with Crippen LogP contribution in [0.1, 0.15) is 13.8 Å². The van der Waals surface area contributed by atoms with Crippen molar-refractivity contribution >= 4 is 7.60 Å². The lowest BCUT2D eigenvalue weighted by Gasteiger charge is -2.14. The van der Waals surface area contributed by atoms with Gasteiger partial charge in [0.05, 0.1) is 5.60 Å². The highest BCUT2D eigenvalue weighted by molar-refractivity contribution is 7.53. The Bertz CT molecular complexity index is 173. The van der Waals surface area contributed by atoms with Gasteiger partial charge in [-0.15, -0.1) is 0 Å². The Morgan fingerprint density at radius 2 is 2.00 bits per heavy atom. The Balaban J connectivity index is 4.16. The van der Waals surface area contributed by atoms with Crippen molar-refractivity contribution in [2.24, 2.45) is 0 Å². The van der Waals surface area contributed by atoms with Crippen LogP contribution in [0.4, 0.5) is 0 Å². The predicted octanol–water partition coefficient (Wildman–Crippen LogP) is -0.183. The Morgan fingerprint density at radius 1 is 1.60 bits per heavy atom. The minimum absolute atomic E-state index is 0.576. The quantitative estimate of drug-likeness (QED) is 0.556. The summed E-state index contributed by atoms with van der Waals surface area (Å²) < 4.78 is 10.1. The molecular formula is C5H10O4P-. The molecule has 0 bridgehead atoms. The molecule has 0 fully saturated rings. The second-order valence-corrected chi connectivity index (χ2v) is 3.96. The summed E-state index contributed by atoms with van der Waals surface area (Å²) in [6.45, 7) is 2.80. The molecule has 0 aromatic carbocycles. The Labute approximate surface area is 59.4 Å². The SMILES string of the molecule is CC(C)(O)/C=C/P(=O)([O-])O. The van der Waals surface area contributed by atoms with Crippen molar-refractivity contribution in [2.75, 3.05) is 0 Å². The second-order valence-electron chi connectivity index (χ2n) is 2.53. The van der Waals surface area contributed by atoms with Gasteiger partial charge in [-0.2, -0.15) is 0 Å². The molecule has 0 spiro atoms. The van der Waals surface area contributed by atoms with Crippen LogP contribution in [0.25, 0.3) is 0 Å². The largest absolute Gasteiger partial charge is 0.776 e. The van der Waals surface area contributed by atoms with Crippen molar-refractivity contribution in [2.45, 2.75) is 19.4 Å². The topological polar surface area (TPSA) is 80.6 Å². The lowest BCUT2D eigenvalue weighted by atomic mass is 10.1. The van der Waals surface area contributed by atoms with Gasteiger partial charge in [0.25, 0.3) is 0 Å². The highest BCUT2D eigenvalue weighted by Gasteiger charge is 2.07. The van der Waals surface area contributed by atoms with Crippen LogP contribution in [-0.4, -0.2) is 15.6 Å². The zero-order valence-electron chi connectivity index (χ0n) is 5.81. The summed E-state index contributed by atoms with van der Waals surface area (Å²) in [4.78, 5) is 18.2. The van der Waals surface area contributed by atoms with Gasteiger partial charge in [0.15, 0.2) is 7.60 Å². The average molecular weight is 165 g/mol. The third-order valence-electron chi connectivity index (χ3n) is 0.671. The molecule has 0 saturated carbocycles. The van der Waals surface area contributed by atoms with E-state index in [1.165, 1.54) is 13.8 Å². The first-order valence-corrected chi connectivity index (χ1v) is 4.32. The van der Waals surface area contributed by atoms with Gasteiger partial charge in [-0.1, -0.05) is 0 Å². The summed E-state index contributed by atoms with van der Waals surface area (Å²) in [7, 11) is -4.35. The number of hydrogen-bond acceptors (Lipinski definition) is 3. The van der Waals surface area contributed by atoms with E-state index in [4.69, 9.17) is 10.00 Å². The van der Waals surface area contributed by atoms with E-state index in [2.05, 4.69) is 0 Å². The number of hydrogen-bond donors (Lipinski definition) is 2. The van der Waals surface area contributed by atoms with Crippen LogP contribution in [0.2, 0.25) is 0 Å². The van der Waals surface area contributed by atoms with Crippen LogP contribution in [0, 0.1) is 0 Å². The molecule has 1 atom stereocenters. The van der Waals surface area contributed by atoms with Crippen LogP contribution in [-0.2, 0) is 4.57 Å². The van der Waals surface area contributed by atoms with Gasteiger partial charge < -0.3 is 19.5 Å². The van der Waals surface area contributed by atoms with E-state index >= 15 is 0 Å². The first-order valence-electron chi connectivity index (χ1n) is 2.67. The van der Waals surface area contributed by atoms with Gasteiger partial charge in [-0.05, 0) is 25.7 Å². The van der Waals surface area contributed by atoms with Gasteiger partial charge in [0.1, 0.15) is 0 Å². The van der Waals surface area contributed by atoms with Crippen molar-refractivity contribution < 1.29 is 19.5 Å². The third kappa shape index (κ3) is 7.85. The first-order chi connectivity index (χ1) is 4.21. The van der Waals surface area contributed by atoms with E-state index in [9.17, 15) is 9.46 Å². The minimum Gasteiger partial charge on any atom is -0.776 e. The molecule has 4 nitrogen and oxygen atoms in total. The maximum absolute atomic E-state index is 10.1. The van der Waals surface area contributed by atoms with Gasteiger partial charge in [0.2, 0.25) is 0 Å². The molecule has 0 amide bonds. The fourth-order valence-electron chi connectivity index (χ4n) is 0.277. The fourth-order valence-corrected chi connectivity index (χ4v) is 0.830. The number of aliphatic hydroxyl groups is 1. The molecule has 0 aliphatic heterocycles. The summed E-state index contributed by atoms with van der Waals surface area (Å²) >= 11 is 0. The molecule has 0 aliphatic rings. The standard InChI is InChI=1S/C5H11O4P/c1-5(2,6)3-4-10(7,8)9/h3-4,6H,1-2H3,(H2,7,8,9)/p-1/b4-3+. The molecule has 10 heavy (non-hydrogen) atoms. The van der Waals surface area contributed by atoms with Crippen molar-refractivity contribution in [3.63, 3.8) is 0 Å². The first kappa shape index (κ1) is 9.85. The molecule has 5 heteroatoms. The third-order valence-corrected chi connectivity index (χ3v) is 1.20. The van der Waals surface area contributed by atoms with Crippen molar-refractivity contribution in [3.05, 3.63) is 11.9 Å². The second kappa shape index (κ2) is 2.84. The normalized spacial score (nSPS) is 19.3. The monoisotopic (exact) mass is 165 g/mol. The van der Waals surface area contributed by atoms with E-state index in [-0.39, 0.29) is 0 Å². The van der Waals surface area contributed by atoms with Crippen molar-refractivity contribution in [3.8, 4) is 0 Å². The summed E-state index contributed by atoms with van der Waals surface area (Å²) in [6.07, 6.45) is 1.00. The van der Waals surface area contributed by atoms with E-state index in [0.29, 0.717) is 5.82 Å². The Hall–Kier alpha value is -0.150. The zero-order valence-corrected chi connectivity index (χ0v) is 6.71. The van der Waals surface area contributed by atoms with Gasteiger partial charge in [0, 0.05) is 0 Å². The van der Waals surface area contributed by atoms with E-state index < -0.39 is 13.2 Å². The Kier molecular flexibility index (Phi) is 2.80. The summed E-state index contributed by atoms with van der Waals surface area (Å²) in [5.74, 6) is 0.576. The molecule has 60 valence electrons. The number of rotatable bonds is 2. The molecule has 0 aliphatic carbocycles. The molecule has 0 radical (unpaired) electrons. The Morgan fingerprint density at radius 3 is 2.10 bits per heavy atom. The van der Waals surface area contributed by atoms with Crippen molar-refractivity contribution in [1.29, 1.82) is 0 Å². The average Bonchev–Trinajstić information content (AvgIpc) is 1.57. The van der Waals surface area contributed by atoms with Crippen LogP contribution in [0.5, 0.6) is 0 Å². The highest BCUT2D eigenvalue weighted by atomic mass is 31.2. The van der Waals surface area contributed by atoms with Gasteiger partial charge >= 0.3 is 0 Å². The van der Waals surface area contributed by atoms with Crippen LogP contribution < -0.4 is 4.89 Å². The molecule has 0 heterocycles. The maximum atomic E-state index is 10.1. The highest BCUT2D eigenvalue weighted by Crippen LogP contribution is 2.31. The van der Waals surface area contributed by atoms with Crippen LogP contribution >= 0.6 is 7.60 Å². The van der Waals surface area contributed by atoms with Crippen molar-refractivity contribution in [1.82, 2.24) is 0 Å². The van der Waals surface area contributed by atoms with E-state index in [1.54, 1.807) is 0 Å². The smallest absolute Gasteiger partial charge is 0.155 e. The van der Waals surface area contributed by atoms with Gasteiger partial charge in [-0.25, -0.2) is 0 Å². The maximum Gasteiger partial charge on any atom is 0.155 e. The van der Waals surface area contributed by atoms with Crippen LogP contribution in [0.15, 0.2) is 11.9 Å². The molecule has 0 saturated heterocycles.